The van der Waals surface area contributed by atoms with Gasteiger partial charge in [0, 0.05) is 50.3 Å². The largest absolute Gasteiger partial charge is 0.474 e. The molecule has 292 valence electrons. The predicted molar refractivity (Wildman–Crippen MR) is 195 cm³/mol. The zero-order valence-electron chi connectivity index (χ0n) is 29.8. The number of nitrogens with zero attached hydrogens (tertiary/aromatic N) is 6. The van der Waals surface area contributed by atoms with E-state index in [1.807, 2.05) is 12.2 Å². The molecule has 0 radical (unpaired) electrons. The highest BCUT2D eigenvalue weighted by atomic mass is 32.2. The molecule has 7 rings (SSSR count). The lowest BCUT2D eigenvalue weighted by molar-refractivity contribution is -0.140. The van der Waals surface area contributed by atoms with Gasteiger partial charge in [-0.3, -0.25) is 14.3 Å². The number of rotatable bonds is 7. The molecule has 4 amide bonds. The molecule has 4 aliphatic rings. The normalized spacial score (nSPS) is 26.1. The Morgan fingerprint density at radius 2 is 1.95 bits per heavy atom. The van der Waals surface area contributed by atoms with E-state index in [9.17, 15) is 41.2 Å². The molecule has 2 aliphatic carbocycles. The monoisotopic (exact) mass is 818 g/mol. The van der Waals surface area contributed by atoms with Crippen LogP contribution in [0.1, 0.15) is 69.5 Å². The number of thiazole rings is 1. The summed E-state index contributed by atoms with van der Waals surface area (Å²) in [6.45, 7) is 2.06. The summed E-state index contributed by atoms with van der Waals surface area (Å²) in [5, 5.41) is 14.9. The Hall–Kier alpha value is -4.61. The van der Waals surface area contributed by atoms with Gasteiger partial charge in [0.1, 0.15) is 23.8 Å². The number of thiophene rings is 1. The Labute approximate surface area is 322 Å². The maximum Gasteiger partial charge on any atom is 0.434 e. The number of sulfonamides is 1. The van der Waals surface area contributed by atoms with Crippen LogP contribution in [0.3, 0.4) is 0 Å². The molecule has 3 fully saturated rings. The van der Waals surface area contributed by atoms with Gasteiger partial charge in [0.05, 0.1) is 20.9 Å². The zero-order chi connectivity index (χ0) is 39.3. The van der Waals surface area contributed by atoms with Gasteiger partial charge < -0.3 is 19.9 Å². The summed E-state index contributed by atoms with van der Waals surface area (Å²) in [4.78, 5) is 57.8. The van der Waals surface area contributed by atoms with Crippen LogP contribution < -0.4 is 14.8 Å². The molecule has 2 saturated carbocycles. The molecular weight excluding hydrogens is 782 g/mol. The molecule has 0 aromatic carbocycles. The van der Waals surface area contributed by atoms with E-state index in [2.05, 4.69) is 31.1 Å². The van der Waals surface area contributed by atoms with Crippen molar-refractivity contribution >= 4 is 50.5 Å². The second-order valence-electron chi connectivity index (χ2n) is 14.5. The Balaban J connectivity index is 1.19. The number of nitriles is 1. The highest BCUT2D eigenvalue weighted by Crippen LogP contribution is 2.47. The van der Waals surface area contributed by atoms with Crippen LogP contribution in [0, 0.1) is 17.2 Å². The van der Waals surface area contributed by atoms with Crippen LogP contribution in [0.2, 0.25) is 0 Å². The molecule has 3 aromatic heterocycles. The van der Waals surface area contributed by atoms with E-state index in [0.29, 0.717) is 48.4 Å². The van der Waals surface area contributed by atoms with Crippen molar-refractivity contribution in [1.82, 2.24) is 34.8 Å². The van der Waals surface area contributed by atoms with Gasteiger partial charge in [-0.1, -0.05) is 12.2 Å². The van der Waals surface area contributed by atoms with Crippen molar-refractivity contribution in [2.75, 3.05) is 20.1 Å². The van der Waals surface area contributed by atoms with Crippen molar-refractivity contribution in [1.29, 1.82) is 5.26 Å². The van der Waals surface area contributed by atoms with Crippen LogP contribution >= 0.6 is 22.7 Å². The van der Waals surface area contributed by atoms with Crippen LogP contribution in [-0.2, 0) is 25.8 Å². The van der Waals surface area contributed by atoms with E-state index in [0.717, 1.165) is 11.8 Å². The number of fused-ring (bicyclic) bond motifs is 2. The second kappa shape index (κ2) is 14.5. The molecule has 2 aliphatic heterocycles. The molecule has 5 heterocycles. The summed E-state index contributed by atoms with van der Waals surface area (Å²) in [6, 6.07) is 3.55. The molecule has 55 heavy (non-hydrogen) atoms. The number of nitrogens with one attached hydrogen (secondary N) is 2. The minimum atomic E-state index is -4.70. The molecule has 0 spiro atoms. The molecule has 14 nitrogen and oxygen atoms in total. The molecule has 0 unspecified atom stereocenters. The smallest absolute Gasteiger partial charge is 0.434 e. The second-order valence-corrected chi connectivity index (χ2v) is 18.5. The van der Waals surface area contributed by atoms with Gasteiger partial charge in [-0.2, -0.15) is 23.4 Å². The fourth-order valence-electron chi connectivity index (χ4n) is 6.74. The number of alkyl halides is 3. The van der Waals surface area contributed by atoms with Gasteiger partial charge in [0.25, 0.3) is 5.91 Å². The van der Waals surface area contributed by atoms with E-state index in [1.54, 1.807) is 25.4 Å². The van der Waals surface area contributed by atoms with Crippen LogP contribution in [0.25, 0.3) is 21.4 Å². The number of carbonyl (C=O) groups excluding carboxylic acids is 3. The SMILES string of the molecule is CN1CCCC/C=C/[C@H]2C[C@]2(C(=O)NS(=O)(=O)C2(C)CC2)NC(=O)[C@@H]2C[C@@H](Oc3cc(-c4sccc4C#N)nc(-c4nc(C(F)(F)F)cs4)n3)CCN2C1=O. The number of ether oxygens (including phenoxy) is 1. The van der Waals surface area contributed by atoms with Crippen LogP contribution in [-0.4, -0.2) is 93.6 Å². The van der Waals surface area contributed by atoms with Crippen molar-refractivity contribution in [3.63, 3.8) is 0 Å². The van der Waals surface area contributed by atoms with Gasteiger partial charge in [0.2, 0.25) is 21.8 Å². The average Bonchev–Trinajstić information content (AvgIpc) is 3.87. The third kappa shape index (κ3) is 7.78. The predicted octanol–water partition coefficient (Wildman–Crippen LogP) is 5.10. The lowest BCUT2D eigenvalue weighted by atomic mass is 9.97. The number of hydrogen-bond acceptors (Lipinski definition) is 12. The number of carbonyl (C=O) groups is 3. The Morgan fingerprint density at radius 1 is 1.16 bits per heavy atom. The fourth-order valence-corrected chi connectivity index (χ4v) is 9.62. The van der Waals surface area contributed by atoms with Crippen molar-refractivity contribution < 1.29 is 40.7 Å². The highest BCUT2D eigenvalue weighted by Gasteiger charge is 2.63. The van der Waals surface area contributed by atoms with Gasteiger partial charge in [-0.25, -0.2) is 23.2 Å². The lowest BCUT2D eigenvalue weighted by Crippen LogP contribution is -2.61. The van der Waals surface area contributed by atoms with Crippen LogP contribution in [0.15, 0.2) is 35.0 Å². The maximum atomic E-state index is 14.3. The third-order valence-electron chi connectivity index (χ3n) is 10.5. The molecular formula is C35H37F3N8O6S3. The first-order chi connectivity index (χ1) is 26.0. The summed E-state index contributed by atoms with van der Waals surface area (Å²) in [5.74, 6) is -2.19. The molecule has 20 heteroatoms. The van der Waals surface area contributed by atoms with E-state index >= 15 is 0 Å². The molecule has 3 aromatic rings. The summed E-state index contributed by atoms with van der Waals surface area (Å²) in [7, 11) is -2.37. The van der Waals surface area contributed by atoms with E-state index in [1.165, 1.54) is 27.2 Å². The van der Waals surface area contributed by atoms with E-state index < -0.39 is 68.1 Å². The fraction of sp³-hybridized carbons (Fsp3) is 0.514. The number of aromatic nitrogens is 3. The topological polar surface area (TPSA) is 188 Å². The van der Waals surface area contributed by atoms with Crippen molar-refractivity contribution in [2.45, 2.75) is 86.9 Å². The summed E-state index contributed by atoms with van der Waals surface area (Å²) in [5.41, 5.74) is -2.16. The molecule has 4 atom stereocenters. The quantitative estimate of drug-likeness (QED) is 0.304. The third-order valence-corrected chi connectivity index (χ3v) is 14.4. The molecule has 1 saturated heterocycles. The van der Waals surface area contributed by atoms with Crippen molar-refractivity contribution in [2.24, 2.45) is 5.92 Å². The lowest BCUT2D eigenvalue weighted by Gasteiger charge is -2.40. The number of allylic oxidation sites excluding steroid dienone is 1. The highest BCUT2D eigenvalue weighted by molar-refractivity contribution is 7.91. The van der Waals surface area contributed by atoms with Crippen molar-refractivity contribution in [3.05, 3.63) is 46.3 Å². The van der Waals surface area contributed by atoms with Crippen LogP contribution in [0.4, 0.5) is 18.0 Å². The first kappa shape index (κ1) is 38.7. The number of amides is 4. The van der Waals surface area contributed by atoms with Crippen LogP contribution in [0.5, 0.6) is 5.88 Å². The first-order valence-corrected chi connectivity index (χ1v) is 20.9. The Morgan fingerprint density at radius 3 is 2.65 bits per heavy atom. The average molecular weight is 819 g/mol. The van der Waals surface area contributed by atoms with Gasteiger partial charge >= 0.3 is 12.2 Å². The van der Waals surface area contributed by atoms with Gasteiger partial charge in [-0.15, -0.1) is 22.7 Å². The van der Waals surface area contributed by atoms with Gasteiger partial charge in [0.15, 0.2) is 16.5 Å². The van der Waals surface area contributed by atoms with Gasteiger partial charge in [-0.05, 0) is 56.9 Å². The number of halogens is 3. The zero-order valence-corrected chi connectivity index (χ0v) is 32.2. The Bertz CT molecular complexity index is 2200. The number of hydrogen-bond donors (Lipinski definition) is 2. The summed E-state index contributed by atoms with van der Waals surface area (Å²) < 4.78 is 74.0. The number of piperidine rings is 1. The van der Waals surface area contributed by atoms with E-state index in [4.69, 9.17) is 4.74 Å². The molecule has 2 N–H and O–H groups in total. The van der Waals surface area contributed by atoms with E-state index in [-0.39, 0.29) is 53.8 Å². The first-order valence-electron chi connectivity index (χ1n) is 17.7. The minimum absolute atomic E-state index is 0.0498. The summed E-state index contributed by atoms with van der Waals surface area (Å²) >= 11 is 1.89. The standard InChI is InChI=1S/C35H37F3N8O6S3/c1-33(10-11-33)55(50,51)44-31(48)34-17-21(34)7-5-3-4-6-12-45(2)32(49)46-13-8-22(15-24(46)29(47)43-34)52-26-16-23(27-20(18-39)9-14-53-27)40-28(42-26)30-41-25(19-54-30)35(36,37)38/h5,7,9,14,16,19,21-22,24H,3-4,6,8,10-13,15,17H2,1-2H3,(H,43,47)(H,44,48)/b7-5+/t21-,22-,24-,34-/m0/s1. The minimum Gasteiger partial charge on any atom is -0.474 e. The van der Waals surface area contributed by atoms with Crippen molar-refractivity contribution in [3.8, 4) is 33.4 Å². The number of urea groups is 1. The maximum absolute atomic E-state index is 14.3. The molecule has 0 bridgehead atoms. The Kier molecular flexibility index (Phi) is 10.2. The summed E-state index contributed by atoms with van der Waals surface area (Å²) in [6.07, 6.45) is 1.58.